The van der Waals surface area contributed by atoms with Crippen molar-refractivity contribution in [3.8, 4) is 0 Å². The third-order valence-electron chi connectivity index (χ3n) is 3.73. The molecule has 0 fully saturated rings. The van der Waals surface area contributed by atoms with E-state index in [1.54, 1.807) is 28.8 Å². The predicted octanol–water partition coefficient (Wildman–Crippen LogP) is 3.82. The number of benzene rings is 2. The highest BCUT2D eigenvalue weighted by Crippen LogP contribution is 2.21. The number of nitrogens with zero attached hydrogens (tertiary/aromatic N) is 3. The number of halogens is 1. The van der Waals surface area contributed by atoms with Gasteiger partial charge in [0.25, 0.3) is 5.91 Å². The molecule has 0 radical (unpaired) electrons. The second-order valence-electron chi connectivity index (χ2n) is 5.46. The van der Waals surface area contributed by atoms with Crippen molar-refractivity contribution in [3.63, 3.8) is 0 Å². The summed E-state index contributed by atoms with van der Waals surface area (Å²) in [5.74, 6) is 0.0853. The van der Waals surface area contributed by atoms with Crippen LogP contribution >= 0.6 is 11.6 Å². The Bertz CT molecular complexity index is 1040. The molecule has 0 aliphatic heterocycles. The molecule has 2 aromatic heterocycles. The Labute approximate surface area is 148 Å². The minimum Gasteiger partial charge on any atom is -0.416 e. The van der Waals surface area contributed by atoms with E-state index >= 15 is 0 Å². The van der Waals surface area contributed by atoms with E-state index in [9.17, 15) is 4.79 Å². The van der Waals surface area contributed by atoms with Crippen LogP contribution in [-0.4, -0.2) is 20.5 Å². The first-order chi connectivity index (χ1) is 12.2. The highest BCUT2D eigenvalue weighted by molar-refractivity contribution is 6.30. The van der Waals surface area contributed by atoms with Crippen molar-refractivity contribution in [3.05, 3.63) is 83.0 Å². The number of aromatic nitrogens is 3. The molecule has 0 atom stereocenters. The maximum Gasteiger partial charge on any atom is 0.325 e. The van der Waals surface area contributed by atoms with Crippen LogP contribution in [0.1, 0.15) is 21.8 Å². The van der Waals surface area contributed by atoms with Crippen molar-refractivity contribution in [2.45, 2.75) is 6.42 Å². The molecule has 1 N–H and O–H groups in total. The molecule has 0 saturated heterocycles. The summed E-state index contributed by atoms with van der Waals surface area (Å²) >= 11 is 5.96. The molecule has 4 rings (SSSR count). The van der Waals surface area contributed by atoms with E-state index < -0.39 is 0 Å². The molecular weight excluding hydrogens is 340 g/mol. The Morgan fingerprint density at radius 3 is 2.80 bits per heavy atom. The minimum absolute atomic E-state index is 0.180. The maximum atomic E-state index is 12.7. The topological polar surface area (TPSA) is 72.4 Å². The average molecular weight is 353 g/mol. The summed E-state index contributed by atoms with van der Waals surface area (Å²) < 4.78 is 7.16. The normalized spacial score (nSPS) is 10.9. The second-order valence-corrected chi connectivity index (χ2v) is 5.90. The van der Waals surface area contributed by atoms with Crippen LogP contribution in [0.5, 0.6) is 0 Å². The summed E-state index contributed by atoms with van der Waals surface area (Å²) in [6, 6.07) is 16.7. The fourth-order valence-electron chi connectivity index (χ4n) is 2.61. The number of hydrogen-bond donors (Lipinski definition) is 1. The van der Waals surface area contributed by atoms with E-state index in [1.807, 2.05) is 30.3 Å². The molecule has 1 amide bonds. The van der Waals surface area contributed by atoms with Gasteiger partial charge in [0.2, 0.25) is 5.76 Å². The molecule has 0 spiro atoms. The van der Waals surface area contributed by atoms with Gasteiger partial charge < -0.3 is 9.73 Å². The molecule has 0 bridgehead atoms. The predicted molar refractivity (Wildman–Crippen MR) is 93.9 cm³/mol. The Kier molecular flexibility index (Phi) is 3.95. The Morgan fingerprint density at radius 1 is 1.16 bits per heavy atom. The summed E-state index contributed by atoms with van der Waals surface area (Å²) in [6.07, 6.45) is 1.89. The second kappa shape index (κ2) is 6.41. The fourth-order valence-corrected chi connectivity index (χ4v) is 2.80. The number of anilines is 1. The number of carbonyl (C=O) groups is 1. The van der Waals surface area contributed by atoms with Crippen LogP contribution in [0.15, 0.2) is 65.3 Å². The highest BCUT2D eigenvalue weighted by atomic mass is 35.5. The monoisotopic (exact) mass is 352 g/mol. The van der Waals surface area contributed by atoms with Gasteiger partial charge in [-0.15, -0.1) is 0 Å². The van der Waals surface area contributed by atoms with Crippen molar-refractivity contribution in [2.75, 3.05) is 5.32 Å². The van der Waals surface area contributed by atoms with Gasteiger partial charge in [-0.2, -0.15) is 14.6 Å². The molecule has 6 nitrogen and oxygen atoms in total. The molecular formula is C18H13ClN4O2. The quantitative estimate of drug-likeness (QED) is 0.606. The standard InChI is InChI=1S/C18H13ClN4O2/c19-13-7-4-8-14(10-13)22-17(24)16-15(9-12-5-2-1-3-6-12)23-18(25-16)20-11-21-23/h1-8,10-11H,9H2,(H,22,24). The average Bonchev–Trinajstić information content (AvgIpc) is 3.18. The van der Waals surface area contributed by atoms with Crippen molar-refractivity contribution in [2.24, 2.45) is 0 Å². The third-order valence-corrected chi connectivity index (χ3v) is 3.97. The number of nitrogens with one attached hydrogen (secondary N) is 1. The van der Waals surface area contributed by atoms with E-state index in [0.717, 1.165) is 5.56 Å². The fraction of sp³-hybridized carbons (Fsp3) is 0.0556. The first kappa shape index (κ1) is 15.4. The lowest BCUT2D eigenvalue weighted by atomic mass is 10.1. The van der Waals surface area contributed by atoms with Crippen molar-refractivity contribution < 1.29 is 9.21 Å². The van der Waals surface area contributed by atoms with E-state index in [1.165, 1.54) is 6.33 Å². The molecule has 25 heavy (non-hydrogen) atoms. The highest BCUT2D eigenvalue weighted by Gasteiger charge is 2.22. The van der Waals surface area contributed by atoms with Gasteiger partial charge in [-0.05, 0) is 23.8 Å². The number of hydrogen-bond acceptors (Lipinski definition) is 4. The summed E-state index contributed by atoms with van der Waals surface area (Å²) in [4.78, 5) is 16.7. The number of carbonyl (C=O) groups excluding carboxylic acids is 1. The van der Waals surface area contributed by atoms with E-state index in [-0.39, 0.29) is 17.5 Å². The molecule has 0 saturated carbocycles. The van der Waals surface area contributed by atoms with Gasteiger partial charge in [0.05, 0.1) is 0 Å². The van der Waals surface area contributed by atoms with Gasteiger partial charge in [0.1, 0.15) is 12.0 Å². The van der Waals surface area contributed by atoms with Crippen molar-refractivity contribution in [1.29, 1.82) is 0 Å². The molecule has 4 aromatic rings. The van der Waals surface area contributed by atoms with Crippen LogP contribution in [0.25, 0.3) is 5.84 Å². The molecule has 7 heteroatoms. The maximum absolute atomic E-state index is 12.7. The molecule has 0 aliphatic rings. The lowest BCUT2D eigenvalue weighted by Crippen LogP contribution is -2.14. The molecule has 2 aromatic carbocycles. The van der Waals surface area contributed by atoms with Crippen LogP contribution in [0.3, 0.4) is 0 Å². The van der Waals surface area contributed by atoms with Gasteiger partial charge >= 0.3 is 5.84 Å². The summed E-state index contributed by atoms with van der Waals surface area (Å²) in [5.41, 5.74) is 2.26. The third kappa shape index (κ3) is 3.12. The molecule has 0 unspecified atom stereocenters. The number of oxazole rings is 1. The van der Waals surface area contributed by atoms with Gasteiger partial charge in [0, 0.05) is 17.1 Å². The van der Waals surface area contributed by atoms with Crippen LogP contribution in [0.2, 0.25) is 5.02 Å². The Hall–Kier alpha value is -3.12. The van der Waals surface area contributed by atoms with Crippen LogP contribution in [0, 0.1) is 0 Å². The largest absolute Gasteiger partial charge is 0.416 e. The van der Waals surface area contributed by atoms with E-state index in [2.05, 4.69) is 15.4 Å². The Balaban J connectivity index is 1.70. The van der Waals surface area contributed by atoms with E-state index in [0.29, 0.717) is 22.8 Å². The first-order valence-corrected chi connectivity index (χ1v) is 8.01. The first-order valence-electron chi connectivity index (χ1n) is 7.63. The number of amides is 1. The minimum atomic E-state index is -0.375. The SMILES string of the molecule is O=C(Nc1cccc(Cl)c1)c1oc2ncnn2c1Cc1ccccc1. The van der Waals surface area contributed by atoms with Crippen molar-refractivity contribution in [1.82, 2.24) is 14.6 Å². The lowest BCUT2D eigenvalue weighted by Gasteiger charge is -2.05. The summed E-state index contributed by atoms with van der Waals surface area (Å²) in [6.45, 7) is 0. The Morgan fingerprint density at radius 2 is 2.00 bits per heavy atom. The van der Waals surface area contributed by atoms with Crippen LogP contribution in [-0.2, 0) is 6.42 Å². The molecule has 124 valence electrons. The van der Waals surface area contributed by atoms with E-state index in [4.69, 9.17) is 16.0 Å². The lowest BCUT2D eigenvalue weighted by molar-refractivity contribution is 0.0997. The zero-order valence-corrected chi connectivity index (χ0v) is 13.8. The summed E-state index contributed by atoms with van der Waals surface area (Å²) in [7, 11) is 0. The van der Waals surface area contributed by atoms with Gasteiger partial charge in [0.15, 0.2) is 0 Å². The van der Waals surface area contributed by atoms with Gasteiger partial charge in [-0.1, -0.05) is 48.0 Å². The zero-order valence-electron chi connectivity index (χ0n) is 13.0. The molecule has 0 aliphatic carbocycles. The zero-order chi connectivity index (χ0) is 17.2. The number of fused-ring (bicyclic) bond motifs is 1. The van der Waals surface area contributed by atoms with Crippen molar-refractivity contribution >= 4 is 29.0 Å². The smallest absolute Gasteiger partial charge is 0.325 e. The van der Waals surface area contributed by atoms with Crippen LogP contribution in [0.4, 0.5) is 5.69 Å². The van der Waals surface area contributed by atoms with Gasteiger partial charge in [-0.25, -0.2) is 0 Å². The van der Waals surface area contributed by atoms with Crippen LogP contribution < -0.4 is 5.32 Å². The molecule has 2 heterocycles. The summed E-state index contributed by atoms with van der Waals surface area (Å²) in [5, 5.41) is 7.48. The van der Waals surface area contributed by atoms with Gasteiger partial charge in [-0.3, -0.25) is 4.79 Å². The number of rotatable bonds is 4.